The predicted octanol–water partition coefficient (Wildman–Crippen LogP) is 4.59. The van der Waals surface area contributed by atoms with Crippen LogP contribution >= 0.6 is 0 Å². The van der Waals surface area contributed by atoms with Crippen molar-refractivity contribution in [2.24, 2.45) is 13.0 Å². The third kappa shape index (κ3) is 4.62. The highest BCUT2D eigenvalue weighted by Crippen LogP contribution is 2.34. The number of rotatable bonds is 6. The molecule has 0 radical (unpaired) electrons. The van der Waals surface area contributed by atoms with Gasteiger partial charge in [0.2, 0.25) is 5.88 Å². The Hall–Kier alpha value is -3.95. The minimum absolute atomic E-state index is 0.150. The third-order valence-electron chi connectivity index (χ3n) is 6.85. The van der Waals surface area contributed by atoms with E-state index in [-0.39, 0.29) is 17.5 Å². The Morgan fingerprint density at radius 1 is 1.11 bits per heavy atom. The zero-order valence-corrected chi connectivity index (χ0v) is 20.0. The zero-order chi connectivity index (χ0) is 25.4. The van der Waals surface area contributed by atoms with E-state index in [1.165, 1.54) is 0 Å². The molecule has 188 valence electrons. The molecule has 1 fully saturated rings. The number of amides is 1. The molecule has 1 amide bonds. The lowest BCUT2D eigenvalue weighted by molar-refractivity contribution is 0.0940. The number of aromatic nitrogens is 4. The van der Waals surface area contributed by atoms with Gasteiger partial charge in [0.15, 0.2) is 17.4 Å². The molecular formula is C26H27F2N5O3. The van der Waals surface area contributed by atoms with Crippen LogP contribution in [0, 0.1) is 17.6 Å². The molecule has 2 aromatic heterocycles. The molecule has 0 unspecified atom stereocenters. The SMILES string of the molecule is COc1nn(C)cc1-c1ccc2cn(C3CCC(CNC(=O)c4cc(F)c(O)c(F)c4)CC3)nc2c1. The first-order valence-corrected chi connectivity index (χ1v) is 11.9. The summed E-state index contributed by atoms with van der Waals surface area (Å²) in [5.74, 6) is -3.11. The van der Waals surface area contributed by atoms with Crippen molar-refractivity contribution in [2.45, 2.75) is 31.7 Å². The number of phenolic OH excluding ortho intramolecular Hbond substituents is 1. The largest absolute Gasteiger partial charge is 0.503 e. The maximum absolute atomic E-state index is 13.5. The Kier molecular flexibility index (Phi) is 6.34. The van der Waals surface area contributed by atoms with Gasteiger partial charge >= 0.3 is 0 Å². The molecular weight excluding hydrogens is 468 g/mol. The smallest absolute Gasteiger partial charge is 0.251 e. The lowest BCUT2D eigenvalue weighted by Gasteiger charge is -2.28. The van der Waals surface area contributed by atoms with Crippen molar-refractivity contribution in [3.63, 3.8) is 0 Å². The lowest BCUT2D eigenvalue weighted by atomic mass is 9.86. The summed E-state index contributed by atoms with van der Waals surface area (Å²) < 4.78 is 36.2. The number of halogens is 2. The van der Waals surface area contributed by atoms with Gasteiger partial charge in [-0.05, 0) is 55.4 Å². The van der Waals surface area contributed by atoms with Gasteiger partial charge in [-0.15, -0.1) is 5.10 Å². The highest BCUT2D eigenvalue weighted by atomic mass is 19.1. The standard InChI is InChI=1S/C26H27F2N5O3/c1-32-14-20(26(31-32)36-2)16-5-6-17-13-33(30-23(17)11-16)19-7-3-15(4-8-19)12-29-25(35)18-9-21(27)24(34)22(28)10-18/h5-6,9-11,13-15,19,34H,3-4,7-8,12H2,1-2H3,(H,29,35). The number of hydrogen-bond donors (Lipinski definition) is 2. The van der Waals surface area contributed by atoms with E-state index in [1.807, 2.05) is 30.1 Å². The van der Waals surface area contributed by atoms with Gasteiger partial charge in [0, 0.05) is 36.9 Å². The molecule has 36 heavy (non-hydrogen) atoms. The first-order valence-electron chi connectivity index (χ1n) is 11.9. The van der Waals surface area contributed by atoms with Crippen LogP contribution in [-0.4, -0.2) is 44.2 Å². The van der Waals surface area contributed by atoms with Crippen molar-refractivity contribution in [1.29, 1.82) is 0 Å². The number of aromatic hydroxyl groups is 1. The summed E-state index contributed by atoms with van der Waals surface area (Å²) in [6.07, 6.45) is 7.63. The Morgan fingerprint density at radius 2 is 1.83 bits per heavy atom. The van der Waals surface area contributed by atoms with Gasteiger partial charge in [0.05, 0.1) is 24.2 Å². The van der Waals surface area contributed by atoms with Crippen LogP contribution in [0.3, 0.4) is 0 Å². The number of nitrogens with one attached hydrogen (secondary N) is 1. The topological polar surface area (TPSA) is 94.2 Å². The highest BCUT2D eigenvalue weighted by Gasteiger charge is 2.24. The normalized spacial score (nSPS) is 17.9. The summed E-state index contributed by atoms with van der Waals surface area (Å²) in [5.41, 5.74) is 2.66. The third-order valence-corrected chi connectivity index (χ3v) is 6.85. The fourth-order valence-electron chi connectivity index (χ4n) is 4.86. The number of nitrogens with zero attached hydrogens (tertiary/aromatic N) is 4. The zero-order valence-electron chi connectivity index (χ0n) is 20.0. The van der Waals surface area contributed by atoms with Crippen molar-refractivity contribution in [2.75, 3.05) is 13.7 Å². The number of phenols is 1. The maximum atomic E-state index is 13.5. The number of benzene rings is 2. The molecule has 2 heterocycles. The Balaban J connectivity index is 1.20. The van der Waals surface area contributed by atoms with Crippen molar-refractivity contribution < 1.29 is 23.4 Å². The molecule has 2 aromatic carbocycles. The summed E-state index contributed by atoms with van der Waals surface area (Å²) in [5, 5.41) is 22.2. The summed E-state index contributed by atoms with van der Waals surface area (Å²) in [7, 11) is 3.46. The van der Waals surface area contributed by atoms with Gasteiger partial charge in [-0.25, -0.2) is 8.78 Å². The molecule has 1 saturated carbocycles. The van der Waals surface area contributed by atoms with Crippen LogP contribution in [0.4, 0.5) is 8.78 Å². The summed E-state index contributed by atoms with van der Waals surface area (Å²) in [6, 6.07) is 8.07. The molecule has 1 aliphatic rings. The highest BCUT2D eigenvalue weighted by molar-refractivity contribution is 5.94. The molecule has 0 spiro atoms. The fourth-order valence-corrected chi connectivity index (χ4v) is 4.86. The van der Waals surface area contributed by atoms with Gasteiger partial charge in [0.25, 0.3) is 5.91 Å². The van der Waals surface area contributed by atoms with E-state index in [2.05, 4.69) is 22.7 Å². The van der Waals surface area contributed by atoms with Crippen molar-refractivity contribution in [1.82, 2.24) is 24.9 Å². The molecule has 10 heteroatoms. The van der Waals surface area contributed by atoms with Crippen molar-refractivity contribution >= 4 is 16.8 Å². The van der Waals surface area contributed by atoms with Crippen LogP contribution in [0.25, 0.3) is 22.0 Å². The number of carbonyl (C=O) groups excluding carboxylic acids is 1. The monoisotopic (exact) mass is 495 g/mol. The first-order chi connectivity index (χ1) is 17.3. The van der Waals surface area contributed by atoms with E-state index in [0.717, 1.165) is 59.8 Å². The van der Waals surface area contributed by atoms with Crippen LogP contribution in [-0.2, 0) is 7.05 Å². The summed E-state index contributed by atoms with van der Waals surface area (Å²) in [4.78, 5) is 12.3. The summed E-state index contributed by atoms with van der Waals surface area (Å²) in [6.45, 7) is 0.424. The second-order valence-corrected chi connectivity index (χ2v) is 9.28. The first kappa shape index (κ1) is 23.8. The summed E-state index contributed by atoms with van der Waals surface area (Å²) >= 11 is 0. The predicted molar refractivity (Wildman–Crippen MR) is 130 cm³/mol. The molecule has 0 atom stereocenters. The average Bonchev–Trinajstić information content (AvgIpc) is 3.48. The average molecular weight is 496 g/mol. The molecule has 0 saturated heterocycles. The van der Waals surface area contributed by atoms with Gasteiger partial charge in [-0.3, -0.25) is 14.2 Å². The van der Waals surface area contributed by atoms with Crippen LogP contribution in [0.15, 0.2) is 42.7 Å². The number of methoxy groups -OCH3 is 1. The van der Waals surface area contributed by atoms with Crippen molar-refractivity contribution in [3.8, 4) is 22.8 Å². The number of ether oxygens (including phenoxy) is 1. The molecule has 4 aromatic rings. The fraction of sp³-hybridized carbons (Fsp3) is 0.346. The van der Waals surface area contributed by atoms with Gasteiger partial charge < -0.3 is 15.2 Å². The Bertz CT molecular complexity index is 1400. The maximum Gasteiger partial charge on any atom is 0.251 e. The molecule has 8 nitrogen and oxygen atoms in total. The number of fused-ring (bicyclic) bond motifs is 1. The molecule has 1 aliphatic carbocycles. The Labute approximate surface area is 206 Å². The van der Waals surface area contributed by atoms with E-state index < -0.39 is 23.3 Å². The lowest BCUT2D eigenvalue weighted by Crippen LogP contribution is -2.31. The molecule has 5 rings (SSSR count). The van der Waals surface area contributed by atoms with Gasteiger partial charge in [-0.2, -0.15) is 5.10 Å². The Morgan fingerprint density at radius 3 is 2.53 bits per heavy atom. The van der Waals surface area contributed by atoms with Crippen molar-refractivity contribution in [3.05, 3.63) is 59.9 Å². The van der Waals surface area contributed by atoms with E-state index in [4.69, 9.17) is 9.84 Å². The molecule has 0 aliphatic heterocycles. The van der Waals surface area contributed by atoms with Crippen LogP contribution < -0.4 is 10.1 Å². The minimum atomic E-state index is -1.15. The van der Waals surface area contributed by atoms with Crippen LogP contribution in [0.1, 0.15) is 42.1 Å². The van der Waals surface area contributed by atoms with E-state index in [9.17, 15) is 18.7 Å². The second kappa shape index (κ2) is 9.60. The van der Waals surface area contributed by atoms with Gasteiger partial charge in [0.1, 0.15) is 0 Å². The second-order valence-electron chi connectivity index (χ2n) is 9.28. The number of hydrogen-bond acceptors (Lipinski definition) is 5. The quantitative estimate of drug-likeness (QED) is 0.408. The van der Waals surface area contributed by atoms with E-state index >= 15 is 0 Å². The minimum Gasteiger partial charge on any atom is -0.503 e. The number of aryl methyl sites for hydroxylation is 1. The number of carbonyl (C=O) groups is 1. The van der Waals surface area contributed by atoms with E-state index in [0.29, 0.717) is 12.4 Å². The molecule has 0 bridgehead atoms. The van der Waals surface area contributed by atoms with Crippen LogP contribution in [0.2, 0.25) is 0 Å². The molecule has 2 N–H and O–H groups in total. The van der Waals surface area contributed by atoms with Crippen LogP contribution in [0.5, 0.6) is 11.6 Å². The van der Waals surface area contributed by atoms with E-state index in [1.54, 1.807) is 11.8 Å². The van der Waals surface area contributed by atoms with Gasteiger partial charge in [-0.1, -0.05) is 12.1 Å².